The maximum absolute atomic E-state index is 12.6. The number of carbonyl (C=O) groups excluding carboxylic acids is 1. The van der Waals surface area contributed by atoms with Crippen LogP contribution >= 0.6 is 0 Å². The van der Waals surface area contributed by atoms with Crippen LogP contribution in [0.2, 0.25) is 0 Å². The van der Waals surface area contributed by atoms with Crippen molar-refractivity contribution in [1.29, 1.82) is 0 Å². The fourth-order valence-electron chi connectivity index (χ4n) is 2.68. The molecular weight excluding hydrogens is 296 g/mol. The molecule has 3 heterocycles. The Hall–Kier alpha value is -2.51. The monoisotopic (exact) mass is 316 g/mol. The van der Waals surface area contributed by atoms with Crippen molar-refractivity contribution in [3.63, 3.8) is 0 Å². The molecule has 122 valence electrons. The Labute approximate surface area is 134 Å². The number of rotatable bonds is 3. The van der Waals surface area contributed by atoms with Crippen LogP contribution in [0.15, 0.2) is 16.9 Å². The third-order valence-electron chi connectivity index (χ3n) is 3.95. The number of likely N-dealkylation sites (tertiary alicyclic amines) is 1. The van der Waals surface area contributed by atoms with Crippen molar-refractivity contribution in [1.82, 2.24) is 25.0 Å². The fourth-order valence-corrected chi connectivity index (χ4v) is 2.68. The van der Waals surface area contributed by atoms with E-state index < -0.39 is 0 Å². The molecular formula is C15H20N6O2. The molecule has 0 saturated carbocycles. The Kier molecular flexibility index (Phi) is 4.22. The zero-order chi connectivity index (χ0) is 16.4. The lowest BCUT2D eigenvalue weighted by Gasteiger charge is -2.31. The number of hydrogen-bond donors (Lipinski definition) is 1. The number of piperidine rings is 1. The molecule has 0 aromatic carbocycles. The number of hydrogen-bond acceptors (Lipinski definition) is 7. The first-order valence-corrected chi connectivity index (χ1v) is 7.75. The minimum atomic E-state index is -0.201. The Balaban J connectivity index is 1.75. The smallest absolute Gasteiger partial charge is 0.276 e. The van der Waals surface area contributed by atoms with Crippen molar-refractivity contribution in [2.45, 2.75) is 38.5 Å². The number of amides is 1. The molecule has 1 amide bonds. The van der Waals surface area contributed by atoms with Gasteiger partial charge in [-0.2, -0.15) is 4.98 Å². The van der Waals surface area contributed by atoms with E-state index in [0.717, 1.165) is 12.8 Å². The predicted octanol–water partition coefficient (Wildman–Crippen LogP) is 1.58. The van der Waals surface area contributed by atoms with E-state index in [1.165, 1.54) is 12.4 Å². The van der Waals surface area contributed by atoms with Crippen LogP contribution in [0.4, 0.5) is 5.82 Å². The summed E-state index contributed by atoms with van der Waals surface area (Å²) < 4.78 is 5.27. The van der Waals surface area contributed by atoms with E-state index in [1.807, 2.05) is 13.8 Å². The van der Waals surface area contributed by atoms with Crippen molar-refractivity contribution in [3.05, 3.63) is 29.8 Å². The molecule has 0 unspecified atom stereocenters. The summed E-state index contributed by atoms with van der Waals surface area (Å²) in [6.07, 6.45) is 4.75. The Morgan fingerprint density at radius 3 is 2.87 bits per heavy atom. The number of nitrogens with zero attached hydrogens (tertiary/aromatic N) is 5. The van der Waals surface area contributed by atoms with E-state index in [-0.39, 0.29) is 29.3 Å². The molecule has 1 aliphatic rings. The van der Waals surface area contributed by atoms with E-state index in [2.05, 4.69) is 20.1 Å². The quantitative estimate of drug-likeness (QED) is 0.915. The average molecular weight is 316 g/mol. The first kappa shape index (κ1) is 15.4. The molecule has 2 N–H and O–H groups in total. The van der Waals surface area contributed by atoms with Crippen molar-refractivity contribution >= 4 is 11.7 Å². The van der Waals surface area contributed by atoms with Crippen LogP contribution in [0.1, 0.15) is 60.7 Å². The lowest BCUT2D eigenvalue weighted by Crippen LogP contribution is -2.40. The standard InChI is InChI=1S/C15H20N6O2/c1-9(2)14-19-13(20-23-14)10-4-3-7-21(8-10)15(22)11-12(16)18-6-5-17-11/h5-6,9-10H,3-4,7-8H2,1-2H3,(H2,16,18)/t10-/m0/s1. The van der Waals surface area contributed by atoms with Crippen LogP contribution in [0.25, 0.3) is 0 Å². The second-order valence-electron chi connectivity index (χ2n) is 6.03. The highest BCUT2D eigenvalue weighted by molar-refractivity contribution is 5.96. The molecule has 2 aromatic rings. The average Bonchev–Trinajstić information content (AvgIpc) is 3.05. The fraction of sp³-hybridized carbons (Fsp3) is 0.533. The summed E-state index contributed by atoms with van der Waals surface area (Å²) in [5, 5.41) is 4.07. The van der Waals surface area contributed by atoms with Gasteiger partial charge in [0.05, 0.1) is 0 Å². The first-order chi connectivity index (χ1) is 11.1. The lowest BCUT2D eigenvalue weighted by molar-refractivity contribution is 0.0698. The molecule has 8 nitrogen and oxygen atoms in total. The maximum atomic E-state index is 12.6. The molecule has 1 atom stereocenters. The van der Waals surface area contributed by atoms with Gasteiger partial charge in [0.25, 0.3) is 5.91 Å². The van der Waals surface area contributed by atoms with Crippen LogP contribution in [-0.2, 0) is 0 Å². The summed E-state index contributed by atoms with van der Waals surface area (Å²) in [4.78, 5) is 26.7. The van der Waals surface area contributed by atoms with Gasteiger partial charge in [0.15, 0.2) is 17.3 Å². The number of aromatic nitrogens is 4. The molecule has 23 heavy (non-hydrogen) atoms. The molecule has 0 aliphatic carbocycles. The van der Waals surface area contributed by atoms with Gasteiger partial charge in [-0.1, -0.05) is 19.0 Å². The molecule has 3 rings (SSSR count). The highest BCUT2D eigenvalue weighted by atomic mass is 16.5. The second-order valence-corrected chi connectivity index (χ2v) is 6.03. The number of anilines is 1. The molecule has 1 aliphatic heterocycles. The number of nitrogens with two attached hydrogens (primary N) is 1. The van der Waals surface area contributed by atoms with Crippen molar-refractivity contribution in [3.8, 4) is 0 Å². The molecule has 8 heteroatoms. The zero-order valence-electron chi connectivity index (χ0n) is 13.3. The highest BCUT2D eigenvalue weighted by Gasteiger charge is 2.30. The summed E-state index contributed by atoms with van der Waals surface area (Å²) in [6, 6.07) is 0. The van der Waals surface area contributed by atoms with Gasteiger partial charge >= 0.3 is 0 Å². The number of carbonyl (C=O) groups is 1. The molecule has 1 fully saturated rings. The van der Waals surface area contributed by atoms with Crippen molar-refractivity contribution in [2.24, 2.45) is 0 Å². The van der Waals surface area contributed by atoms with Gasteiger partial charge in [-0.15, -0.1) is 0 Å². The van der Waals surface area contributed by atoms with E-state index in [1.54, 1.807) is 4.90 Å². The highest BCUT2D eigenvalue weighted by Crippen LogP contribution is 2.27. The largest absolute Gasteiger partial charge is 0.382 e. The lowest BCUT2D eigenvalue weighted by atomic mass is 9.97. The van der Waals surface area contributed by atoms with Crippen LogP contribution < -0.4 is 5.73 Å². The van der Waals surface area contributed by atoms with Gasteiger partial charge < -0.3 is 15.2 Å². The van der Waals surface area contributed by atoms with Crippen LogP contribution in [0.5, 0.6) is 0 Å². The summed E-state index contributed by atoms with van der Waals surface area (Å²) in [6.45, 7) is 5.21. The van der Waals surface area contributed by atoms with Gasteiger partial charge in [-0.25, -0.2) is 9.97 Å². The normalized spacial score (nSPS) is 18.4. The minimum absolute atomic E-state index is 0.0712. The molecule has 2 aromatic heterocycles. The SMILES string of the molecule is CC(C)c1nc([C@H]2CCCN(C(=O)c3nccnc3N)C2)no1. The minimum Gasteiger partial charge on any atom is -0.382 e. The van der Waals surface area contributed by atoms with Gasteiger partial charge in [0.2, 0.25) is 5.89 Å². The third kappa shape index (κ3) is 3.15. The van der Waals surface area contributed by atoms with Gasteiger partial charge in [-0.05, 0) is 12.8 Å². The Morgan fingerprint density at radius 2 is 2.17 bits per heavy atom. The first-order valence-electron chi connectivity index (χ1n) is 7.75. The van der Waals surface area contributed by atoms with E-state index in [0.29, 0.717) is 24.8 Å². The Morgan fingerprint density at radius 1 is 1.39 bits per heavy atom. The van der Waals surface area contributed by atoms with Gasteiger partial charge in [0.1, 0.15) is 0 Å². The summed E-state index contributed by atoms with van der Waals surface area (Å²) in [5.74, 6) is 1.51. The zero-order valence-corrected chi connectivity index (χ0v) is 13.3. The van der Waals surface area contributed by atoms with E-state index in [9.17, 15) is 4.79 Å². The van der Waals surface area contributed by atoms with Crippen LogP contribution in [0, 0.1) is 0 Å². The van der Waals surface area contributed by atoms with E-state index >= 15 is 0 Å². The second kappa shape index (κ2) is 6.31. The topological polar surface area (TPSA) is 111 Å². The predicted molar refractivity (Wildman–Crippen MR) is 82.7 cm³/mol. The van der Waals surface area contributed by atoms with Crippen molar-refractivity contribution < 1.29 is 9.32 Å². The van der Waals surface area contributed by atoms with Crippen LogP contribution in [0.3, 0.4) is 0 Å². The Bertz CT molecular complexity index is 699. The summed E-state index contributed by atoms with van der Waals surface area (Å²) >= 11 is 0. The van der Waals surface area contributed by atoms with Crippen LogP contribution in [-0.4, -0.2) is 44.0 Å². The van der Waals surface area contributed by atoms with Gasteiger partial charge in [-0.3, -0.25) is 4.79 Å². The molecule has 0 spiro atoms. The van der Waals surface area contributed by atoms with Gasteiger partial charge in [0, 0.05) is 37.3 Å². The number of nitrogen functional groups attached to an aromatic ring is 1. The maximum Gasteiger partial charge on any atom is 0.276 e. The van der Waals surface area contributed by atoms with Crippen molar-refractivity contribution in [2.75, 3.05) is 18.8 Å². The molecule has 0 bridgehead atoms. The summed E-state index contributed by atoms with van der Waals surface area (Å²) in [5.41, 5.74) is 5.95. The summed E-state index contributed by atoms with van der Waals surface area (Å²) in [7, 11) is 0. The molecule has 0 radical (unpaired) electrons. The third-order valence-corrected chi connectivity index (χ3v) is 3.95. The molecule has 1 saturated heterocycles. The van der Waals surface area contributed by atoms with E-state index in [4.69, 9.17) is 10.3 Å².